The SMILES string of the molecule is CC[C@H](O[Si](C(C)C)(C(C)C)C(C)C)[C@@H]1C[C@H]1c1ccccc1. The monoisotopic (exact) mass is 332 g/mol. The standard InChI is InChI=1S/C21H36OSi/c1-8-21(20-14-19(20)18-12-10-9-11-13-18)22-23(15(2)3,16(4)5)17(6)7/h9-13,15-17,19-21H,8,14H2,1-7H3/t19-,20+,21-/m0/s1. The topological polar surface area (TPSA) is 9.23 Å². The summed E-state index contributed by atoms with van der Waals surface area (Å²) in [5, 5.41) is 0. The molecule has 0 unspecified atom stereocenters. The molecule has 1 aliphatic rings. The maximum atomic E-state index is 7.09. The molecule has 1 aromatic rings. The van der Waals surface area contributed by atoms with Gasteiger partial charge in [-0.1, -0.05) is 78.8 Å². The highest BCUT2D eigenvalue weighted by Gasteiger charge is 2.51. The average molecular weight is 333 g/mol. The summed E-state index contributed by atoms with van der Waals surface area (Å²) in [7, 11) is -1.76. The molecule has 0 aromatic heterocycles. The van der Waals surface area contributed by atoms with Gasteiger partial charge in [-0.2, -0.15) is 0 Å². The van der Waals surface area contributed by atoms with Crippen LogP contribution in [0.1, 0.15) is 72.8 Å². The predicted molar refractivity (Wildman–Crippen MR) is 104 cm³/mol. The minimum Gasteiger partial charge on any atom is -0.413 e. The summed E-state index contributed by atoms with van der Waals surface area (Å²) < 4.78 is 7.09. The number of hydrogen-bond donors (Lipinski definition) is 0. The Labute approximate surface area is 145 Å². The molecule has 2 heteroatoms. The fourth-order valence-electron chi connectivity index (χ4n) is 4.85. The lowest BCUT2D eigenvalue weighted by molar-refractivity contribution is 0.145. The molecule has 0 spiro atoms. The summed E-state index contributed by atoms with van der Waals surface area (Å²) in [6, 6.07) is 11.0. The smallest absolute Gasteiger partial charge is 0.200 e. The van der Waals surface area contributed by atoms with Gasteiger partial charge in [0.05, 0.1) is 0 Å². The zero-order valence-electron chi connectivity index (χ0n) is 16.2. The third-order valence-electron chi connectivity index (χ3n) is 6.01. The Morgan fingerprint density at radius 1 is 0.957 bits per heavy atom. The van der Waals surface area contributed by atoms with Gasteiger partial charge in [-0.25, -0.2) is 0 Å². The van der Waals surface area contributed by atoms with Crippen molar-refractivity contribution in [1.82, 2.24) is 0 Å². The van der Waals surface area contributed by atoms with Crippen LogP contribution in [0.3, 0.4) is 0 Å². The molecule has 1 fully saturated rings. The molecular weight excluding hydrogens is 296 g/mol. The highest BCUT2D eigenvalue weighted by molar-refractivity contribution is 6.77. The predicted octanol–water partition coefficient (Wildman–Crippen LogP) is 6.76. The molecule has 0 bridgehead atoms. The van der Waals surface area contributed by atoms with E-state index >= 15 is 0 Å². The second-order valence-electron chi connectivity index (χ2n) is 8.30. The van der Waals surface area contributed by atoms with Crippen molar-refractivity contribution in [3.05, 3.63) is 35.9 Å². The van der Waals surface area contributed by atoms with E-state index in [9.17, 15) is 0 Å². The minimum absolute atomic E-state index is 0.444. The summed E-state index contributed by atoms with van der Waals surface area (Å²) in [4.78, 5) is 0. The van der Waals surface area contributed by atoms with Gasteiger partial charge in [0.2, 0.25) is 8.32 Å². The molecule has 0 heterocycles. The minimum atomic E-state index is -1.76. The first kappa shape index (κ1) is 18.7. The van der Waals surface area contributed by atoms with Gasteiger partial charge in [-0.3, -0.25) is 0 Å². The zero-order chi connectivity index (χ0) is 17.2. The highest BCUT2D eigenvalue weighted by Crippen LogP contribution is 2.53. The van der Waals surface area contributed by atoms with Crippen LogP contribution in [0.25, 0.3) is 0 Å². The van der Waals surface area contributed by atoms with Gasteiger partial charge >= 0.3 is 0 Å². The molecule has 23 heavy (non-hydrogen) atoms. The van der Waals surface area contributed by atoms with Gasteiger partial charge in [0.1, 0.15) is 0 Å². The van der Waals surface area contributed by atoms with Crippen molar-refractivity contribution in [1.29, 1.82) is 0 Å². The number of hydrogen-bond acceptors (Lipinski definition) is 1. The maximum absolute atomic E-state index is 7.09. The lowest BCUT2D eigenvalue weighted by Gasteiger charge is -2.45. The summed E-state index contributed by atoms with van der Waals surface area (Å²) in [6.45, 7) is 16.6. The first-order valence-electron chi connectivity index (χ1n) is 9.57. The van der Waals surface area contributed by atoms with Crippen molar-refractivity contribution in [2.75, 3.05) is 0 Å². The van der Waals surface area contributed by atoms with Crippen LogP contribution in [0.2, 0.25) is 16.6 Å². The van der Waals surface area contributed by atoms with E-state index in [2.05, 4.69) is 78.8 Å². The van der Waals surface area contributed by atoms with E-state index < -0.39 is 8.32 Å². The summed E-state index contributed by atoms with van der Waals surface area (Å²) in [6.07, 6.45) is 2.90. The molecule has 0 amide bonds. The number of benzene rings is 1. The van der Waals surface area contributed by atoms with Gasteiger partial charge in [-0.15, -0.1) is 0 Å². The van der Waals surface area contributed by atoms with E-state index in [1.54, 1.807) is 0 Å². The molecular formula is C21H36OSi. The molecule has 1 aromatic carbocycles. The van der Waals surface area contributed by atoms with Crippen LogP contribution >= 0.6 is 0 Å². The molecule has 1 nitrogen and oxygen atoms in total. The van der Waals surface area contributed by atoms with Crippen molar-refractivity contribution >= 4 is 8.32 Å². The van der Waals surface area contributed by atoms with E-state index in [-0.39, 0.29) is 0 Å². The first-order valence-corrected chi connectivity index (χ1v) is 11.7. The molecule has 1 aliphatic carbocycles. The Kier molecular flexibility index (Phi) is 6.13. The van der Waals surface area contributed by atoms with E-state index in [1.165, 1.54) is 12.0 Å². The number of rotatable bonds is 8. The Bertz CT molecular complexity index is 458. The summed E-state index contributed by atoms with van der Waals surface area (Å²) >= 11 is 0. The second kappa shape index (κ2) is 7.52. The van der Waals surface area contributed by atoms with E-state index in [0.29, 0.717) is 22.7 Å². The van der Waals surface area contributed by atoms with Gasteiger partial charge in [0.15, 0.2) is 0 Å². The maximum Gasteiger partial charge on any atom is 0.200 e. The molecule has 0 saturated heterocycles. The van der Waals surface area contributed by atoms with Crippen molar-refractivity contribution in [3.8, 4) is 0 Å². The fraction of sp³-hybridized carbons (Fsp3) is 0.714. The van der Waals surface area contributed by atoms with E-state index in [0.717, 1.165) is 18.3 Å². The van der Waals surface area contributed by atoms with Gasteiger partial charge in [-0.05, 0) is 46.9 Å². The van der Waals surface area contributed by atoms with Crippen LogP contribution in [0.4, 0.5) is 0 Å². The molecule has 0 radical (unpaired) electrons. The van der Waals surface area contributed by atoms with Crippen LogP contribution in [0.15, 0.2) is 30.3 Å². The highest BCUT2D eigenvalue weighted by atomic mass is 28.4. The van der Waals surface area contributed by atoms with Crippen LogP contribution < -0.4 is 0 Å². The molecule has 3 atom stereocenters. The molecule has 2 rings (SSSR count). The van der Waals surface area contributed by atoms with Crippen molar-refractivity contribution in [3.63, 3.8) is 0 Å². The quantitative estimate of drug-likeness (QED) is 0.478. The van der Waals surface area contributed by atoms with Crippen LogP contribution in [-0.2, 0) is 4.43 Å². The van der Waals surface area contributed by atoms with Gasteiger partial charge < -0.3 is 4.43 Å². The second-order valence-corrected chi connectivity index (χ2v) is 13.7. The first-order chi connectivity index (χ1) is 10.8. The van der Waals surface area contributed by atoms with Crippen molar-refractivity contribution < 1.29 is 4.43 Å². The lowest BCUT2D eigenvalue weighted by Crippen LogP contribution is -2.50. The Balaban J connectivity index is 2.15. The zero-order valence-corrected chi connectivity index (χ0v) is 17.2. The normalized spacial score (nSPS) is 22.9. The van der Waals surface area contributed by atoms with E-state index in [1.807, 2.05) is 0 Å². The average Bonchev–Trinajstić information content (AvgIpc) is 3.28. The third-order valence-corrected chi connectivity index (χ3v) is 12.1. The van der Waals surface area contributed by atoms with Crippen molar-refractivity contribution in [2.45, 2.75) is 90.0 Å². The lowest BCUT2D eigenvalue weighted by atomic mass is 10.1. The Hall–Kier alpha value is -0.603. The van der Waals surface area contributed by atoms with Gasteiger partial charge in [0.25, 0.3) is 0 Å². The molecule has 1 saturated carbocycles. The van der Waals surface area contributed by atoms with E-state index in [4.69, 9.17) is 4.43 Å². The molecule has 0 N–H and O–H groups in total. The molecule has 130 valence electrons. The largest absolute Gasteiger partial charge is 0.413 e. The summed E-state index contributed by atoms with van der Waals surface area (Å²) in [5.41, 5.74) is 3.52. The summed E-state index contributed by atoms with van der Waals surface area (Å²) in [5.74, 6) is 1.45. The Morgan fingerprint density at radius 2 is 1.48 bits per heavy atom. The van der Waals surface area contributed by atoms with Crippen LogP contribution in [0, 0.1) is 5.92 Å². The molecule has 0 aliphatic heterocycles. The Morgan fingerprint density at radius 3 is 1.91 bits per heavy atom. The van der Waals surface area contributed by atoms with Crippen molar-refractivity contribution in [2.24, 2.45) is 5.92 Å². The van der Waals surface area contributed by atoms with Gasteiger partial charge in [0, 0.05) is 6.10 Å². The third kappa shape index (κ3) is 3.74. The fourth-order valence-corrected chi connectivity index (χ4v) is 10.5. The van der Waals surface area contributed by atoms with Crippen LogP contribution in [0.5, 0.6) is 0 Å². The van der Waals surface area contributed by atoms with Crippen LogP contribution in [-0.4, -0.2) is 14.4 Å².